The minimum Gasteiger partial charge on any atom is -0.472 e. The highest BCUT2D eigenvalue weighted by Gasteiger charge is 2.08. The van der Waals surface area contributed by atoms with Crippen molar-refractivity contribution in [3.05, 3.63) is 24.2 Å². The van der Waals surface area contributed by atoms with E-state index in [1.54, 1.807) is 12.5 Å². The molecule has 0 saturated heterocycles. The summed E-state index contributed by atoms with van der Waals surface area (Å²) in [6, 6.07) is 2.31. The normalized spacial score (nSPS) is 13.3. The van der Waals surface area contributed by atoms with Gasteiger partial charge >= 0.3 is 0 Å². The molecule has 0 aliphatic rings. The summed E-state index contributed by atoms with van der Waals surface area (Å²) in [4.78, 5) is 0. The van der Waals surface area contributed by atoms with Crippen LogP contribution in [0.25, 0.3) is 0 Å². The van der Waals surface area contributed by atoms with Crippen LogP contribution >= 0.6 is 11.8 Å². The lowest BCUT2D eigenvalue weighted by atomic mass is 10.1. The number of nitrogens with two attached hydrogens (primary N) is 1. The number of hydrazine groups is 1. The molecule has 1 aromatic rings. The fraction of sp³-hybridized carbons (Fsp3) is 0.636. The lowest BCUT2D eigenvalue weighted by Gasteiger charge is -2.15. The molecule has 0 amide bonds. The van der Waals surface area contributed by atoms with Gasteiger partial charge in [0.2, 0.25) is 0 Å². The van der Waals surface area contributed by atoms with Crippen molar-refractivity contribution in [1.29, 1.82) is 0 Å². The van der Waals surface area contributed by atoms with Gasteiger partial charge in [-0.25, -0.2) is 0 Å². The number of nitrogens with one attached hydrogen (secondary N) is 1. The first-order valence-electron chi connectivity index (χ1n) is 5.27. The fourth-order valence-electron chi connectivity index (χ4n) is 1.31. The number of hydrogen-bond donors (Lipinski definition) is 2. The average molecular weight is 228 g/mol. The lowest BCUT2D eigenvalue weighted by molar-refractivity contribution is 0.547. The van der Waals surface area contributed by atoms with E-state index in [4.69, 9.17) is 10.3 Å². The highest BCUT2D eigenvalue weighted by atomic mass is 32.2. The molecule has 4 heteroatoms. The van der Waals surface area contributed by atoms with E-state index in [0.29, 0.717) is 6.04 Å². The van der Waals surface area contributed by atoms with E-state index in [9.17, 15) is 0 Å². The quantitative estimate of drug-likeness (QED) is 0.554. The Morgan fingerprint density at radius 1 is 1.47 bits per heavy atom. The van der Waals surface area contributed by atoms with Gasteiger partial charge in [0.05, 0.1) is 12.5 Å². The molecule has 0 aliphatic heterocycles. The zero-order valence-electron chi connectivity index (χ0n) is 9.40. The van der Waals surface area contributed by atoms with Crippen molar-refractivity contribution in [3.63, 3.8) is 0 Å². The minimum atomic E-state index is 0.325. The van der Waals surface area contributed by atoms with E-state index in [0.717, 1.165) is 18.1 Å². The van der Waals surface area contributed by atoms with Gasteiger partial charge in [0.1, 0.15) is 0 Å². The number of hydrogen-bond acceptors (Lipinski definition) is 4. The van der Waals surface area contributed by atoms with Gasteiger partial charge in [-0.3, -0.25) is 11.3 Å². The van der Waals surface area contributed by atoms with Gasteiger partial charge in [0.15, 0.2) is 0 Å². The Morgan fingerprint density at radius 2 is 2.27 bits per heavy atom. The lowest BCUT2D eigenvalue weighted by Crippen LogP contribution is -2.38. The molecule has 0 aliphatic carbocycles. The zero-order valence-corrected chi connectivity index (χ0v) is 10.2. The monoisotopic (exact) mass is 228 g/mol. The van der Waals surface area contributed by atoms with E-state index < -0.39 is 0 Å². The second kappa shape index (κ2) is 6.93. The Kier molecular flexibility index (Phi) is 5.83. The van der Waals surface area contributed by atoms with Crippen LogP contribution in [0.2, 0.25) is 0 Å². The van der Waals surface area contributed by atoms with E-state index >= 15 is 0 Å². The molecule has 0 radical (unpaired) electrons. The summed E-state index contributed by atoms with van der Waals surface area (Å²) in [5.74, 6) is 8.48. The third kappa shape index (κ3) is 5.25. The zero-order chi connectivity index (χ0) is 11.1. The average Bonchev–Trinajstić information content (AvgIpc) is 2.68. The summed E-state index contributed by atoms with van der Waals surface area (Å²) in [7, 11) is 0. The predicted molar refractivity (Wildman–Crippen MR) is 65.7 cm³/mol. The Labute approximate surface area is 95.8 Å². The van der Waals surface area contributed by atoms with Gasteiger partial charge < -0.3 is 4.42 Å². The first-order chi connectivity index (χ1) is 7.22. The van der Waals surface area contributed by atoms with Gasteiger partial charge in [-0.2, -0.15) is 11.8 Å². The number of rotatable bonds is 7. The minimum absolute atomic E-state index is 0.325. The Hall–Kier alpha value is -0.450. The molecule has 0 fully saturated rings. The van der Waals surface area contributed by atoms with Crippen molar-refractivity contribution in [1.82, 2.24) is 5.43 Å². The van der Waals surface area contributed by atoms with Crippen LogP contribution in [-0.2, 0) is 6.42 Å². The molecule has 15 heavy (non-hydrogen) atoms. The maximum absolute atomic E-state index is 5.51. The molecule has 1 aromatic heterocycles. The Morgan fingerprint density at radius 3 is 2.80 bits per heavy atom. The maximum Gasteiger partial charge on any atom is 0.0935 e. The highest BCUT2D eigenvalue weighted by molar-refractivity contribution is 7.99. The molecular formula is C11H20N2OS. The van der Waals surface area contributed by atoms with Crippen molar-refractivity contribution in [2.75, 3.05) is 11.5 Å². The van der Waals surface area contributed by atoms with Crippen LogP contribution in [0.3, 0.4) is 0 Å². The highest BCUT2D eigenvalue weighted by Crippen LogP contribution is 2.12. The molecule has 0 spiro atoms. The molecule has 1 atom stereocenters. The summed E-state index contributed by atoms with van der Waals surface area (Å²) in [5.41, 5.74) is 4.05. The predicted octanol–water partition coefficient (Wildman–Crippen LogP) is 2.04. The standard InChI is InChI=1S/C11H20N2OS/c1-9(2)7-15-8-11(13-12)5-10-3-4-14-6-10/h3-4,6,9,11,13H,5,7-8,12H2,1-2H3. The van der Waals surface area contributed by atoms with E-state index in [-0.39, 0.29) is 0 Å². The molecule has 0 aromatic carbocycles. The Bertz CT molecular complexity index is 249. The molecule has 0 saturated carbocycles. The van der Waals surface area contributed by atoms with Crippen LogP contribution in [0, 0.1) is 5.92 Å². The van der Waals surface area contributed by atoms with E-state index in [1.807, 2.05) is 17.8 Å². The maximum atomic E-state index is 5.51. The molecule has 0 bridgehead atoms. The van der Waals surface area contributed by atoms with Crippen molar-refractivity contribution in [2.45, 2.75) is 26.3 Å². The van der Waals surface area contributed by atoms with Crippen molar-refractivity contribution < 1.29 is 4.42 Å². The topological polar surface area (TPSA) is 51.2 Å². The van der Waals surface area contributed by atoms with Gasteiger partial charge in [0.25, 0.3) is 0 Å². The van der Waals surface area contributed by atoms with Crippen molar-refractivity contribution >= 4 is 11.8 Å². The van der Waals surface area contributed by atoms with Crippen molar-refractivity contribution in [3.8, 4) is 0 Å². The summed E-state index contributed by atoms with van der Waals surface area (Å²) in [6.07, 6.45) is 4.40. The van der Waals surface area contributed by atoms with Gasteiger partial charge in [-0.05, 0) is 29.7 Å². The summed E-state index contributed by atoms with van der Waals surface area (Å²) in [6.45, 7) is 4.46. The Balaban J connectivity index is 2.24. The second-order valence-corrected chi connectivity index (χ2v) is 5.21. The van der Waals surface area contributed by atoms with Crippen molar-refractivity contribution in [2.24, 2.45) is 11.8 Å². The van der Waals surface area contributed by atoms with Gasteiger partial charge in [-0.15, -0.1) is 0 Å². The van der Waals surface area contributed by atoms with E-state index in [2.05, 4.69) is 19.3 Å². The molecule has 86 valence electrons. The molecule has 1 heterocycles. The van der Waals surface area contributed by atoms with Crippen LogP contribution < -0.4 is 11.3 Å². The third-order valence-electron chi connectivity index (χ3n) is 2.07. The van der Waals surface area contributed by atoms with Gasteiger partial charge in [-0.1, -0.05) is 13.8 Å². The fourth-order valence-corrected chi connectivity index (χ4v) is 2.41. The number of furan rings is 1. The van der Waals surface area contributed by atoms with Crippen LogP contribution in [0.4, 0.5) is 0 Å². The smallest absolute Gasteiger partial charge is 0.0935 e. The second-order valence-electron chi connectivity index (χ2n) is 4.13. The first kappa shape index (κ1) is 12.6. The van der Waals surface area contributed by atoms with Crippen LogP contribution in [0.5, 0.6) is 0 Å². The largest absolute Gasteiger partial charge is 0.472 e. The molecular weight excluding hydrogens is 208 g/mol. The SMILES string of the molecule is CC(C)CSCC(Cc1ccoc1)NN. The summed E-state index contributed by atoms with van der Waals surface area (Å²) < 4.78 is 5.03. The van der Waals surface area contributed by atoms with Gasteiger partial charge in [0, 0.05) is 11.8 Å². The van der Waals surface area contributed by atoms with E-state index in [1.165, 1.54) is 11.3 Å². The summed E-state index contributed by atoms with van der Waals surface area (Å²) in [5, 5.41) is 0. The molecule has 3 N–H and O–H groups in total. The summed E-state index contributed by atoms with van der Waals surface area (Å²) >= 11 is 1.94. The number of thioether (sulfide) groups is 1. The molecule has 1 rings (SSSR count). The van der Waals surface area contributed by atoms with Crippen LogP contribution in [0.1, 0.15) is 19.4 Å². The molecule has 3 nitrogen and oxygen atoms in total. The van der Waals surface area contributed by atoms with Crippen LogP contribution in [-0.4, -0.2) is 17.5 Å². The third-order valence-corrected chi connectivity index (χ3v) is 3.61. The molecule has 1 unspecified atom stereocenters. The van der Waals surface area contributed by atoms with Crippen LogP contribution in [0.15, 0.2) is 23.0 Å². The first-order valence-corrected chi connectivity index (χ1v) is 6.42.